The van der Waals surface area contributed by atoms with E-state index in [1.165, 1.54) is 0 Å². The molecule has 0 bridgehead atoms. The molecule has 0 aliphatic carbocycles. The lowest BCUT2D eigenvalue weighted by atomic mass is 10.2. The molecule has 2 N–H and O–H groups in total. The Balaban J connectivity index is 1.83. The fourth-order valence-electron chi connectivity index (χ4n) is 2.39. The van der Waals surface area contributed by atoms with Gasteiger partial charge in [0.05, 0.1) is 12.3 Å². The van der Waals surface area contributed by atoms with Gasteiger partial charge in [0, 0.05) is 45.8 Å². The van der Waals surface area contributed by atoms with Crippen LogP contribution in [0, 0.1) is 0 Å². The lowest BCUT2D eigenvalue weighted by Gasteiger charge is -2.34. The molecule has 0 atom stereocenters. The van der Waals surface area contributed by atoms with E-state index < -0.39 is 0 Å². The molecule has 1 aliphatic heterocycles. The molecule has 106 valence electrons. The van der Waals surface area contributed by atoms with E-state index in [0.29, 0.717) is 0 Å². The highest BCUT2D eigenvalue weighted by Gasteiger charge is 2.16. The second-order valence-electron chi connectivity index (χ2n) is 4.89. The number of nitrogens with one attached hydrogen (secondary N) is 1. The first-order valence-corrected chi connectivity index (χ1v) is 7.07. The minimum Gasteiger partial charge on any atom is -0.395 e. The first-order valence-electron chi connectivity index (χ1n) is 7.07. The summed E-state index contributed by atoms with van der Waals surface area (Å²) in [5, 5.41) is 12.2. The number of aliphatic hydroxyl groups is 1. The minimum absolute atomic E-state index is 0.256. The highest BCUT2D eigenvalue weighted by atomic mass is 16.3. The van der Waals surface area contributed by atoms with Gasteiger partial charge in [-0.1, -0.05) is 6.07 Å². The molecule has 0 saturated carbocycles. The molecule has 1 aliphatic rings. The molecule has 2 rings (SSSR count). The van der Waals surface area contributed by atoms with Gasteiger partial charge in [-0.2, -0.15) is 0 Å². The third-order valence-electron chi connectivity index (χ3n) is 3.43. The van der Waals surface area contributed by atoms with Gasteiger partial charge in [-0.15, -0.1) is 0 Å². The zero-order valence-electron chi connectivity index (χ0n) is 11.7. The third-order valence-corrected chi connectivity index (χ3v) is 3.43. The zero-order chi connectivity index (χ0) is 13.5. The van der Waals surface area contributed by atoms with Gasteiger partial charge < -0.3 is 10.4 Å². The predicted octanol–water partition coefficient (Wildman–Crippen LogP) is 0.623. The summed E-state index contributed by atoms with van der Waals surface area (Å²) >= 11 is 0. The van der Waals surface area contributed by atoms with Gasteiger partial charge in [0.15, 0.2) is 0 Å². The number of anilines is 1. The molecule has 0 unspecified atom stereocenters. The molecule has 1 saturated heterocycles. The van der Waals surface area contributed by atoms with Gasteiger partial charge >= 0.3 is 0 Å². The second kappa shape index (κ2) is 7.43. The van der Waals surface area contributed by atoms with Crippen molar-refractivity contribution in [1.82, 2.24) is 14.8 Å². The van der Waals surface area contributed by atoms with Crippen LogP contribution in [0.15, 0.2) is 18.2 Å². The number of pyridine rings is 1. The van der Waals surface area contributed by atoms with Crippen LogP contribution in [-0.2, 0) is 6.54 Å². The summed E-state index contributed by atoms with van der Waals surface area (Å²) in [4.78, 5) is 9.33. The summed E-state index contributed by atoms with van der Waals surface area (Å²) in [6, 6.07) is 6.15. The Kier molecular flexibility index (Phi) is 5.57. The molecule has 1 aromatic rings. The van der Waals surface area contributed by atoms with E-state index in [4.69, 9.17) is 5.11 Å². The van der Waals surface area contributed by atoms with Crippen molar-refractivity contribution in [3.63, 3.8) is 0 Å². The number of β-amino-alcohol motifs (C(OH)–C–C–N with tert-alkyl or cyclic N) is 1. The number of hydrogen-bond acceptors (Lipinski definition) is 5. The number of rotatable bonds is 6. The maximum atomic E-state index is 8.93. The number of nitrogens with zero attached hydrogens (tertiary/aromatic N) is 3. The molecule has 5 heteroatoms. The summed E-state index contributed by atoms with van der Waals surface area (Å²) < 4.78 is 0. The zero-order valence-corrected chi connectivity index (χ0v) is 11.7. The van der Waals surface area contributed by atoms with Crippen molar-refractivity contribution in [1.29, 1.82) is 0 Å². The summed E-state index contributed by atoms with van der Waals surface area (Å²) in [7, 11) is 0. The van der Waals surface area contributed by atoms with Gasteiger partial charge in [0.25, 0.3) is 0 Å². The van der Waals surface area contributed by atoms with Crippen LogP contribution in [0.1, 0.15) is 12.6 Å². The van der Waals surface area contributed by atoms with Crippen molar-refractivity contribution < 1.29 is 5.11 Å². The van der Waals surface area contributed by atoms with Crippen LogP contribution in [0.3, 0.4) is 0 Å². The average Bonchev–Trinajstić information content (AvgIpc) is 2.42. The Hall–Kier alpha value is -1.17. The lowest BCUT2D eigenvalue weighted by Crippen LogP contribution is -2.46. The highest BCUT2D eigenvalue weighted by molar-refractivity contribution is 5.34. The van der Waals surface area contributed by atoms with Crippen molar-refractivity contribution in [3.8, 4) is 0 Å². The van der Waals surface area contributed by atoms with Gasteiger partial charge in [0.2, 0.25) is 0 Å². The Morgan fingerprint density at radius 1 is 1.21 bits per heavy atom. The van der Waals surface area contributed by atoms with E-state index in [1.54, 1.807) is 0 Å². The SMILES string of the molecule is CCNc1cccc(CN2CCN(CCO)CC2)n1. The van der Waals surface area contributed by atoms with Gasteiger partial charge in [-0.3, -0.25) is 9.80 Å². The number of aliphatic hydroxyl groups excluding tert-OH is 1. The van der Waals surface area contributed by atoms with Crippen molar-refractivity contribution in [3.05, 3.63) is 23.9 Å². The van der Waals surface area contributed by atoms with Crippen LogP contribution >= 0.6 is 0 Å². The first kappa shape index (κ1) is 14.2. The minimum atomic E-state index is 0.256. The predicted molar refractivity (Wildman–Crippen MR) is 77.2 cm³/mol. The van der Waals surface area contributed by atoms with Crippen LogP contribution in [0.2, 0.25) is 0 Å². The van der Waals surface area contributed by atoms with Crippen LogP contribution in [-0.4, -0.2) is 65.8 Å². The third kappa shape index (κ3) is 4.45. The molecular formula is C14H24N4O. The molecule has 0 spiro atoms. The Morgan fingerprint density at radius 3 is 2.63 bits per heavy atom. The first-order chi connectivity index (χ1) is 9.31. The van der Waals surface area contributed by atoms with Crippen LogP contribution < -0.4 is 5.32 Å². The fourth-order valence-corrected chi connectivity index (χ4v) is 2.39. The van der Waals surface area contributed by atoms with E-state index in [9.17, 15) is 0 Å². The molecular weight excluding hydrogens is 240 g/mol. The fraction of sp³-hybridized carbons (Fsp3) is 0.643. The Bertz CT molecular complexity index is 377. The van der Waals surface area contributed by atoms with Crippen LogP contribution in [0.25, 0.3) is 0 Å². The van der Waals surface area contributed by atoms with E-state index in [0.717, 1.165) is 57.3 Å². The largest absolute Gasteiger partial charge is 0.395 e. The van der Waals surface area contributed by atoms with E-state index in [2.05, 4.69) is 39.2 Å². The van der Waals surface area contributed by atoms with Crippen molar-refractivity contribution in [2.75, 3.05) is 51.2 Å². The smallest absolute Gasteiger partial charge is 0.126 e. The van der Waals surface area contributed by atoms with Gasteiger partial charge in [-0.05, 0) is 19.1 Å². The van der Waals surface area contributed by atoms with E-state index in [-0.39, 0.29) is 6.61 Å². The molecule has 0 radical (unpaired) electrons. The number of hydrogen-bond donors (Lipinski definition) is 2. The van der Waals surface area contributed by atoms with Crippen LogP contribution in [0.4, 0.5) is 5.82 Å². The molecule has 1 fully saturated rings. The lowest BCUT2D eigenvalue weighted by molar-refractivity contribution is 0.108. The molecule has 0 aromatic carbocycles. The van der Waals surface area contributed by atoms with E-state index >= 15 is 0 Å². The van der Waals surface area contributed by atoms with E-state index in [1.807, 2.05) is 6.07 Å². The van der Waals surface area contributed by atoms with Gasteiger partial charge in [0.1, 0.15) is 5.82 Å². The Labute approximate surface area is 115 Å². The van der Waals surface area contributed by atoms with Crippen molar-refractivity contribution >= 4 is 5.82 Å². The average molecular weight is 264 g/mol. The standard InChI is InChI=1S/C14H24N4O/c1-2-15-14-5-3-4-13(16-14)12-18-8-6-17(7-9-18)10-11-19/h3-5,19H,2,6-12H2,1H3,(H,15,16). The summed E-state index contributed by atoms with van der Waals surface area (Å²) in [5.41, 5.74) is 1.12. The Morgan fingerprint density at radius 2 is 1.95 bits per heavy atom. The quantitative estimate of drug-likeness (QED) is 0.789. The highest BCUT2D eigenvalue weighted by Crippen LogP contribution is 2.09. The normalized spacial score (nSPS) is 17.6. The number of aromatic nitrogens is 1. The molecule has 5 nitrogen and oxygen atoms in total. The second-order valence-corrected chi connectivity index (χ2v) is 4.89. The van der Waals surface area contributed by atoms with Gasteiger partial charge in [-0.25, -0.2) is 4.98 Å². The van der Waals surface area contributed by atoms with Crippen LogP contribution in [0.5, 0.6) is 0 Å². The molecule has 1 aromatic heterocycles. The summed E-state index contributed by atoms with van der Waals surface area (Å²) in [6.45, 7) is 9.10. The molecule has 2 heterocycles. The monoisotopic (exact) mass is 264 g/mol. The van der Waals surface area contributed by atoms with Crippen molar-refractivity contribution in [2.24, 2.45) is 0 Å². The summed E-state index contributed by atoms with van der Waals surface area (Å²) in [5.74, 6) is 0.957. The topological polar surface area (TPSA) is 51.6 Å². The number of piperazine rings is 1. The maximum absolute atomic E-state index is 8.93. The molecule has 19 heavy (non-hydrogen) atoms. The summed E-state index contributed by atoms with van der Waals surface area (Å²) in [6.07, 6.45) is 0. The maximum Gasteiger partial charge on any atom is 0.126 e. The molecule has 0 amide bonds. The van der Waals surface area contributed by atoms with Crippen molar-refractivity contribution in [2.45, 2.75) is 13.5 Å².